The molecule has 0 spiro atoms. The fourth-order valence-electron chi connectivity index (χ4n) is 1.89. The van der Waals surface area contributed by atoms with Crippen LogP contribution in [0.5, 0.6) is 0 Å². The van der Waals surface area contributed by atoms with Crippen LogP contribution in [0.1, 0.15) is 22.4 Å². The lowest BCUT2D eigenvalue weighted by Gasteiger charge is -2.04. The molecule has 22 heavy (non-hydrogen) atoms. The van der Waals surface area contributed by atoms with Crippen LogP contribution < -0.4 is 11.2 Å². The number of hydrogen-bond donors (Lipinski definition) is 2. The molecule has 0 fully saturated rings. The number of nitrogens with zero attached hydrogens (tertiary/aromatic N) is 3. The Kier molecular flexibility index (Phi) is 7.51. The Bertz CT molecular complexity index is 633. The fraction of sp³-hybridized carbons (Fsp3) is 0.188. The van der Waals surface area contributed by atoms with Gasteiger partial charge in [-0.25, -0.2) is 10.4 Å². The molecule has 3 N–H and O–H groups in total. The molecule has 0 aliphatic rings. The van der Waals surface area contributed by atoms with Crippen LogP contribution in [0.25, 0.3) is 0 Å². The van der Waals surface area contributed by atoms with E-state index >= 15 is 0 Å². The molecule has 2 rings (SSSR count). The predicted octanol–water partition coefficient (Wildman–Crippen LogP) is 2.75. The highest BCUT2D eigenvalue weighted by Gasteiger charge is 1.98. The number of aromatic nitrogens is 1. The number of hydrogen-bond acceptors (Lipinski definition) is 3. The molecule has 1 heterocycles. The Balaban J connectivity index is 0.00000242. The summed E-state index contributed by atoms with van der Waals surface area (Å²) in [5.41, 5.74) is 12.8. The maximum Gasteiger partial charge on any atom is 0.209 e. The first-order chi connectivity index (χ1) is 10.2. The van der Waals surface area contributed by atoms with Gasteiger partial charge in [0.1, 0.15) is 0 Å². The van der Waals surface area contributed by atoms with E-state index in [0.717, 1.165) is 11.3 Å². The van der Waals surface area contributed by atoms with Crippen molar-refractivity contribution in [1.82, 2.24) is 10.4 Å². The Morgan fingerprint density at radius 3 is 2.55 bits per heavy atom. The van der Waals surface area contributed by atoms with E-state index in [1.807, 2.05) is 50.2 Å². The molecule has 1 aromatic heterocycles. The van der Waals surface area contributed by atoms with Crippen molar-refractivity contribution >= 4 is 36.2 Å². The highest BCUT2D eigenvalue weighted by molar-refractivity contribution is 14.0. The van der Waals surface area contributed by atoms with Crippen molar-refractivity contribution in [2.75, 3.05) is 0 Å². The third-order valence-corrected chi connectivity index (χ3v) is 3.05. The van der Waals surface area contributed by atoms with Crippen LogP contribution in [0.2, 0.25) is 0 Å². The summed E-state index contributed by atoms with van der Waals surface area (Å²) in [5.74, 6) is 0.267. The number of benzene rings is 1. The number of aliphatic imine (C=N–C) groups is 1. The number of nitrogens with one attached hydrogen (secondary N) is 1. The van der Waals surface area contributed by atoms with Crippen molar-refractivity contribution in [1.29, 1.82) is 0 Å². The second kappa shape index (κ2) is 9.14. The van der Waals surface area contributed by atoms with E-state index < -0.39 is 0 Å². The smallest absolute Gasteiger partial charge is 0.209 e. The van der Waals surface area contributed by atoms with Crippen molar-refractivity contribution in [3.63, 3.8) is 0 Å². The zero-order chi connectivity index (χ0) is 15.1. The van der Waals surface area contributed by atoms with E-state index in [4.69, 9.17) is 5.73 Å². The van der Waals surface area contributed by atoms with Crippen molar-refractivity contribution in [3.05, 3.63) is 65.0 Å². The summed E-state index contributed by atoms with van der Waals surface area (Å²) in [6, 6.07) is 11.8. The summed E-state index contributed by atoms with van der Waals surface area (Å²) in [4.78, 5) is 8.35. The van der Waals surface area contributed by atoms with E-state index in [1.165, 1.54) is 11.1 Å². The lowest BCUT2D eigenvalue weighted by molar-refractivity contribution is 0.935. The van der Waals surface area contributed by atoms with Gasteiger partial charge < -0.3 is 5.73 Å². The molecule has 0 amide bonds. The molecule has 1 aromatic carbocycles. The highest BCUT2D eigenvalue weighted by atomic mass is 127. The number of aryl methyl sites for hydroxylation is 2. The summed E-state index contributed by atoms with van der Waals surface area (Å²) >= 11 is 0. The Morgan fingerprint density at radius 2 is 1.91 bits per heavy atom. The molecule has 6 heteroatoms. The first kappa shape index (κ1) is 18.1. The van der Waals surface area contributed by atoms with Crippen LogP contribution in [0.4, 0.5) is 0 Å². The van der Waals surface area contributed by atoms with Crippen LogP contribution in [0.3, 0.4) is 0 Å². The van der Waals surface area contributed by atoms with Gasteiger partial charge in [-0.3, -0.25) is 4.98 Å². The van der Waals surface area contributed by atoms with Crippen LogP contribution in [0.15, 0.2) is 52.7 Å². The normalized spacial score (nSPS) is 11.3. The van der Waals surface area contributed by atoms with E-state index in [1.54, 1.807) is 12.4 Å². The van der Waals surface area contributed by atoms with E-state index in [2.05, 4.69) is 20.5 Å². The lowest BCUT2D eigenvalue weighted by atomic mass is 10.0. The molecule has 0 radical (unpaired) electrons. The number of halogens is 1. The van der Waals surface area contributed by atoms with Gasteiger partial charge >= 0.3 is 0 Å². The molecule has 0 saturated carbocycles. The topological polar surface area (TPSA) is 75.7 Å². The van der Waals surface area contributed by atoms with Gasteiger partial charge in [-0.1, -0.05) is 24.3 Å². The van der Waals surface area contributed by atoms with Gasteiger partial charge in [0.25, 0.3) is 0 Å². The Hall–Kier alpha value is -1.96. The SMILES string of the molecule is Cc1cccc(C)c1C=NNC(N)=NCc1ccccn1.I. The molecule has 0 aliphatic heterocycles. The van der Waals surface area contributed by atoms with Crippen LogP contribution in [0, 0.1) is 13.8 Å². The molecular formula is C16H20IN5. The van der Waals surface area contributed by atoms with Gasteiger partial charge in [-0.05, 0) is 37.1 Å². The fourth-order valence-corrected chi connectivity index (χ4v) is 1.89. The molecule has 0 atom stereocenters. The van der Waals surface area contributed by atoms with Crippen molar-refractivity contribution in [3.8, 4) is 0 Å². The van der Waals surface area contributed by atoms with E-state index in [0.29, 0.717) is 6.54 Å². The van der Waals surface area contributed by atoms with Gasteiger partial charge in [0, 0.05) is 11.8 Å². The zero-order valence-corrected chi connectivity index (χ0v) is 15.0. The Morgan fingerprint density at radius 1 is 1.18 bits per heavy atom. The summed E-state index contributed by atoms with van der Waals surface area (Å²) in [6.07, 6.45) is 3.49. The summed E-state index contributed by atoms with van der Waals surface area (Å²) in [6.45, 7) is 4.53. The minimum absolute atomic E-state index is 0. The van der Waals surface area contributed by atoms with E-state index in [-0.39, 0.29) is 29.9 Å². The molecule has 116 valence electrons. The molecule has 0 unspecified atom stereocenters. The maximum absolute atomic E-state index is 5.76. The molecule has 2 aromatic rings. The molecule has 0 bridgehead atoms. The van der Waals surface area contributed by atoms with Crippen LogP contribution in [-0.4, -0.2) is 17.2 Å². The second-order valence-electron chi connectivity index (χ2n) is 4.70. The Labute approximate surface area is 147 Å². The minimum Gasteiger partial charge on any atom is -0.369 e. The van der Waals surface area contributed by atoms with Crippen molar-refractivity contribution in [2.45, 2.75) is 20.4 Å². The largest absolute Gasteiger partial charge is 0.369 e. The standard InChI is InChI=1S/C16H19N5.HI/c1-12-6-5-7-13(2)15(12)11-20-21-16(17)19-10-14-8-3-4-9-18-14;/h3-9,11H,10H2,1-2H3,(H3,17,19,21);1H. The van der Waals surface area contributed by atoms with Crippen LogP contribution >= 0.6 is 24.0 Å². The summed E-state index contributed by atoms with van der Waals surface area (Å²) in [7, 11) is 0. The average molecular weight is 409 g/mol. The summed E-state index contributed by atoms with van der Waals surface area (Å²) < 4.78 is 0. The molecular weight excluding hydrogens is 389 g/mol. The minimum atomic E-state index is 0. The van der Waals surface area contributed by atoms with Gasteiger partial charge in [0.15, 0.2) is 0 Å². The molecule has 0 aliphatic carbocycles. The van der Waals surface area contributed by atoms with Crippen LogP contribution in [-0.2, 0) is 6.54 Å². The first-order valence-electron chi connectivity index (χ1n) is 6.72. The molecule has 5 nitrogen and oxygen atoms in total. The second-order valence-corrected chi connectivity index (χ2v) is 4.70. The summed E-state index contributed by atoms with van der Waals surface area (Å²) in [5, 5.41) is 4.12. The van der Waals surface area contributed by atoms with Gasteiger partial charge in [-0.15, -0.1) is 24.0 Å². The van der Waals surface area contributed by atoms with Crippen molar-refractivity contribution < 1.29 is 0 Å². The molecule has 0 saturated heterocycles. The third kappa shape index (κ3) is 5.44. The maximum atomic E-state index is 5.76. The predicted molar refractivity (Wildman–Crippen MR) is 102 cm³/mol. The number of hydrazone groups is 1. The van der Waals surface area contributed by atoms with Gasteiger partial charge in [0.2, 0.25) is 5.96 Å². The number of rotatable bonds is 4. The first-order valence-corrected chi connectivity index (χ1v) is 6.72. The quantitative estimate of drug-likeness (QED) is 0.353. The highest BCUT2D eigenvalue weighted by Crippen LogP contribution is 2.10. The number of pyridine rings is 1. The van der Waals surface area contributed by atoms with Crippen molar-refractivity contribution in [2.24, 2.45) is 15.8 Å². The monoisotopic (exact) mass is 409 g/mol. The zero-order valence-electron chi connectivity index (χ0n) is 12.7. The number of nitrogens with two attached hydrogens (primary N) is 1. The lowest BCUT2D eigenvalue weighted by Crippen LogP contribution is -2.27. The number of guanidine groups is 1. The van der Waals surface area contributed by atoms with Gasteiger partial charge in [0.05, 0.1) is 18.5 Å². The third-order valence-electron chi connectivity index (χ3n) is 3.05. The van der Waals surface area contributed by atoms with Gasteiger partial charge in [-0.2, -0.15) is 5.10 Å². The van der Waals surface area contributed by atoms with E-state index in [9.17, 15) is 0 Å². The average Bonchev–Trinajstić information content (AvgIpc) is 2.49.